The molecule has 0 atom stereocenters. The molecule has 0 amide bonds. The zero-order valence-corrected chi connectivity index (χ0v) is 14.8. The van der Waals surface area contributed by atoms with Gasteiger partial charge in [0.1, 0.15) is 22.7 Å². The van der Waals surface area contributed by atoms with E-state index in [1.54, 1.807) is 18.2 Å². The van der Waals surface area contributed by atoms with Crippen LogP contribution in [0.5, 0.6) is 0 Å². The molecule has 1 N–H and O–H groups in total. The lowest BCUT2D eigenvalue weighted by Crippen LogP contribution is -2.31. The van der Waals surface area contributed by atoms with Crippen molar-refractivity contribution >= 4 is 42.6 Å². The van der Waals surface area contributed by atoms with Crippen LogP contribution in [0, 0.1) is 0 Å². The van der Waals surface area contributed by atoms with E-state index in [0.29, 0.717) is 11.0 Å². The zero-order chi connectivity index (χ0) is 18.8. The molecule has 0 aliphatic carbocycles. The van der Waals surface area contributed by atoms with Crippen LogP contribution in [0.4, 0.5) is 0 Å². The van der Waals surface area contributed by atoms with Crippen molar-refractivity contribution in [3.63, 3.8) is 0 Å². The summed E-state index contributed by atoms with van der Waals surface area (Å²) in [6.07, 6.45) is 0. The van der Waals surface area contributed by atoms with Crippen molar-refractivity contribution in [3.05, 3.63) is 42.5 Å². The van der Waals surface area contributed by atoms with Crippen LogP contribution in [-0.2, 0) is 31.7 Å². The first kappa shape index (κ1) is 19.1. The maximum atomic E-state index is 11.3. The lowest BCUT2D eigenvalue weighted by molar-refractivity contribution is -0.618. The van der Waals surface area contributed by atoms with E-state index in [4.69, 9.17) is 4.55 Å². The first-order chi connectivity index (χ1) is 11.5. The zero-order valence-electron chi connectivity index (χ0n) is 13.1. The van der Waals surface area contributed by atoms with Gasteiger partial charge in [-0.3, -0.25) is 8.74 Å². The largest absolute Gasteiger partial charge is 0.744 e. The predicted octanol–water partition coefficient (Wildman–Crippen LogP) is 0.552. The summed E-state index contributed by atoms with van der Waals surface area (Å²) in [5, 5.41) is 0. The fourth-order valence-corrected chi connectivity index (χ4v) is 2.82. The number of rotatable bonds is 2. The Morgan fingerprint density at radius 1 is 1.04 bits per heavy atom. The van der Waals surface area contributed by atoms with Crippen molar-refractivity contribution in [2.45, 2.75) is 4.90 Å². The van der Waals surface area contributed by atoms with Gasteiger partial charge in [-0.05, 0) is 12.1 Å². The molecule has 0 fully saturated rings. The Bertz CT molecular complexity index is 1140. The maximum absolute atomic E-state index is 11.3. The number of para-hydroxylation sites is 3. The molecule has 1 aromatic heterocycles. The van der Waals surface area contributed by atoms with E-state index in [9.17, 15) is 21.4 Å². The van der Waals surface area contributed by atoms with Gasteiger partial charge in [-0.15, -0.1) is 0 Å². The molecule has 0 aliphatic rings. The van der Waals surface area contributed by atoms with Crippen LogP contribution < -0.4 is 4.57 Å². The molecule has 0 saturated carbocycles. The van der Waals surface area contributed by atoms with Crippen molar-refractivity contribution in [3.8, 4) is 0 Å². The SMILES string of the molecule is COS(=O)(=O)O.C[n+]1c2ccccc2nc2c(S(=O)(=O)[O-])cccc21. The number of hydrogen-bond donors (Lipinski definition) is 1. The third-order valence-electron chi connectivity index (χ3n) is 3.29. The van der Waals surface area contributed by atoms with E-state index in [2.05, 4.69) is 9.17 Å². The van der Waals surface area contributed by atoms with E-state index >= 15 is 0 Å². The average Bonchev–Trinajstić information content (AvgIpc) is 2.54. The van der Waals surface area contributed by atoms with E-state index in [1.165, 1.54) is 6.07 Å². The fraction of sp³-hybridized carbons (Fsp3) is 0.143. The number of aromatic nitrogens is 2. The maximum Gasteiger partial charge on any atom is 0.397 e. The van der Waals surface area contributed by atoms with E-state index in [0.717, 1.165) is 12.6 Å². The van der Waals surface area contributed by atoms with Crippen LogP contribution in [0.25, 0.3) is 22.1 Å². The van der Waals surface area contributed by atoms with Gasteiger partial charge in [0.15, 0.2) is 5.52 Å². The van der Waals surface area contributed by atoms with Gasteiger partial charge in [-0.25, -0.2) is 13.4 Å². The molecule has 0 saturated heterocycles. The van der Waals surface area contributed by atoms with Gasteiger partial charge >= 0.3 is 10.4 Å². The second-order valence-corrected chi connectivity index (χ2v) is 7.37. The van der Waals surface area contributed by atoms with Gasteiger partial charge in [0.2, 0.25) is 11.0 Å². The number of nitrogens with zero attached hydrogens (tertiary/aromatic N) is 2. The molecule has 134 valence electrons. The van der Waals surface area contributed by atoms with Gasteiger partial charge in [0, 0.05) is 12.1 Å². The fourth-order valence-electron chi connectivity index (χ4n) is 2.19. The van der Waals surface area contributed by atoms with Crippen molar-refractivity contribution in [2.75, 3.05) is 7.11 Å². The lowest BCUT2D eigenvalue weighted by atomic mass is 10.2. The van der Waals surface area contributed by atoms with Crippen LogP contribution in [0.15, 0.2) is 47.4 Å². The van der Waals surface area contributed by atoms with Crippen LogP contribution >= 0.6 is 0 Å². The quantitative estimate of drug-likeness (QED) is 0.383. The first-order valence-electron chi connectivity index (χ1n) is 6.71. The molecule has 0 unspecified atom stereocenters. The van der Waals surface area contributed by atoms with Gasteiger partial charge in [-0.1, -0.05) is 18.2 Å². The number of hydrogen-bond acceptors (Lipinski definition) is 7. The van der Waals surface area contributed by atoms with E-state index in [-0.39, 0.29) is 10.4 Å². The predicted molar refractivity (Wildman–Crippen MR) is 86.9 cm³/mol. The van der Waals surface area contributed by atoms with Crippen molar-refractivity contribution < 1.29 is 34.7 Å². The van der Waals surface area contributed by atoms with Crippen LogP contribution in [0.2, 0.25) is 0 Å². The highest BCUT2D eigenvalue weighted by Gasteiger charge is 2.17. The highest BCUT2D eigenvalue weighted by Crippen LogP contribution is 2.21. The first-order valence-corrected chi connectivity index (χ1v) is 9.48. The summed E-state index contributed by atoms with van der Waals surface area (Å²) in [5.74, 6) is 0. The van der Waals surface area contributed by atoms with Gasteiger partial charge < -0.3 is 4.55 Å². The number of fused-ring (bicyclic) bond motifs is 2. The van der Waals surface area contributed by atoms with Crippen molar-refractivity contribution in [2.24, 2.45) is 7.05 Å². The highest BCUT2D eigenvalue weighted by molar-refractivity contribution is 7.86. The lowest BCUT2D eigenvalue weighted by Gasteiger charge is -2.09. The molecule has 0 bridgehead atoms. The molecule has 0 aliphatic heterocycles. The monoisotopic (exact) mass is 386 g/mol. The second kappa shape index (κ2) is 6.98. The topological polar surface area (TPSA) is 138 Å². The van der Waals surface area contributed by atoms with Crippen LogP contribution in [0.3, 0.4) is 0 Å². The Morgan fingerprint density at radius 2 is 1.60 bits per heavy atom. The number of benzene rings is 2. The smallest absolute Gasteiger partial charge is 0.397 e. The summed E-state index contributed by atoms with van der Waals surface area (Å²) in [4.78, 5) is 4.02. The Hall–Kier alpha value is -2.18. The minimum atomic E-state index is -4.54. The molecular weight excluding hydrogens is 372 g/mol. The standard InChI is InChI=1S/C13H10N2O3S.CH4O4S/c1-15-10-6-3-2-5-9(10)14-13-11(15)7-4-8-12(13)19(16,17)18;1-5-6(2,3)4/h2-8H,1H3;1H3,(H,2,3,4). The summed E-state index contributed by atoms with van der Waals surface area (Å²) in [7, 11) is -6.02. The summed E-state index contributed by atoms with van der Waals surface area (Å²) in [5.41, 5.74) is 2.33. The molecule has 3 rings (SSSR count). The Kier molecular flexibility index (Phi) is 5.34. The molecule has 3 aromatic rings. The molecule has 9 nitrogen and oxygen atoms in total. The minimum Gasteiger partial charge on any atom is -0.744 e. The van der Waals surface area contributed by atoms with Crippen LogP contribution in [-0.4, -0.2) is 38.0 Å². The third kappa shape index (κ3) is 4.46. The molecule has 11 heteroatoms. The van der Waals surface area contributed by atoms with E-state index in [1.807, 2.05) is 29.8 Å². The second-order valence-electron chi connectivity index (χ2n) is 4.83. The van der Waals surface area contributed by atoms with Gasteiger partial charge in [0.25, 0.3) is 0 Å². The number of aryl methyl sites for hydroxylation is 1. The summed E-state index contributed by atoms with van der Waals surface area (Å²) in [6.45, 7) is 0. The Morgan fingerprint density at radius 3 is 2.16 bits per heavy atom. The molecule has 0 radical (unpaired) electrons. The molecule has 25 heavy (non-hydrogen) atoms. The van der Waals surface area contributed by atoms with Crippen molar-refractivity contribution in [1.29, 1.82) is 0 Å². The van der Waals surface area contributed by atoms with E-state index < -0.39 is 20.5 Å². The minimum absolute atomic E-state index is 0.207. The summed E-state index contributed by atoms with van der Waals surface area (Å²) >= 11 is 0. The van der Waals surface area contributed by atoms with Gasteiger partial charge in [-0.2, -0.15) is 13.0 Å². The molecule has 0 spiro atoms. The third-order valence-corrected chi connectivity index (χ3v) is 4.58. The normalized spacial score (nSPS) is 12.0. The summed E-state index contributed by atoms with van der Waals surface area (Å²) < 4.78 is 65.4. The Balaban J connectivity index is 0.000000326. The highest BCUT2D eigenvalue weighted by atomic mass is 32.3. The molecule has 2 aromatic carbocycles. The van der Waals surface area contributed by atoms with Gasteiger partial charge in [0.05, 0.1) is 12.0 Å². The molecular formula is C14H14N2O7S2. The van der Waals surface area contributed by atoms with Crippen LogP contribution in [0.1, 0.15) is 0 Å². The average molecular weight is 386 g/mol. The van der Waals surface area contributed by atoms with Crippen molar-refractivity contribution in [1.82, 2.24) is 4.98 Å². The molecule has 1 heterocycles. The summed E-state index contributed by atoms with van der Waals surface area (Å²) in [6, 6.07) is 11.9. The Labute approximate surface area is 144 Å².